The Labute approximate surface area is 164 Å². The Hall–Kier alpha value is -4.07. The summed E-state index contributed by atoms with van der Waals surface area (Å²) in [4.78, 5) is 31.5. The average molecular weight is 388 g/mol. The molecule has 0 saturated carbocycles. The van der Waals surface area contributed by atoms with Gasteiger partial charge in [0.15, 0.2) is 5.65 Å². The number of aromatic nitrogens is 4. The van der Waals surface area contributed by atoms with Crippen LogP contribution in [0.15, 0.2) is 48.7 Å². The summed E-state index contributed by atoms with van der Waals surface area (Å²) in [6, 6.07) is 12.1. The molecule has 3 heterocycles. The molecule has 0 atom stereocenters. The van der Waals surface area contributed by atoms with Gasteiger partial charge in [-0.05, 0) is 30.2 Å². The van der Waals surface area contributed by atoms with Gasteiger partial charge in [-0.3, -0.25) is 10.1 Å². The second-order valence-corrected chi connectivity index (χ2v) is 6.45. The molecule has 1 aromatic carbocycles. The number of carbonyl (C=O) groups is 2. The minimum absolute atomic E-state index is 0.0332. The fraction of sp³-hybridized carbons (Fsp3) is 0.0952. The van der Waals surface area contributed by atoms with Crippen LogP contribution in [0.3, 0.4) is 0 Å². The van der Waals surface area contributed by atoms with E-state index < -0.39 is 11.9 Å². The van der Waals surface area contributed by atoms with Crippen LogP contribution < -0.4 is 0 Å². The normalized spacial score (nSPS) is 10.9. The number of carboxylic acids is 2. The van der Waals surface area contributed by atoms with Gasteiger partial charge in [0.2, 0.25) is 0 Å². The maximum atomic E-state index is 12.0. The summed E-state index contributed by atoms with van der Waals surface area (Å²) in [5, 5.41) is 26.3. The summed E-state index contributed by atoms with van der Waals surface area (Å²) in [5.74, 6) is -2.21. The summed E-state index contributed by atoms with van der Waals surface area (Å²) in [6.45, 7) is 2.06. The third-order valence-electron chi connectivity index (χ3n) is 4.68. The monoisotopic (exact) mass is 388 g/mol. The first-order valence-electron chi connectivity index (χ1n) is 8.89. The van der Waals surface area contributed by atoms with E-state index in [4.69, 9.17) is 5.11 Å². The van der Waals surface area contributed by atoms with Crippen molar-refractivity contribution in [1.29, 1.82) is 0 Å². The molecule has 29 heavy (non-hydrogen) atoms. The zero-order valence-electron chi connectivity index (χ0n) is 15.4. The van der Waals surface area contributed by atoms with E-state index in [0.29, 0.717) is 22.5 Å². The topological polar surface area (TPSA) is 129 Å². The molecule has 4 rings (SSSR count). The van der Waals surface area contributed by atoms with Crippen molar-refractivity contribution < 1.29 is 19.8 Å². The zero-order valence-corrected chi connectivity index (χ0v) is 15.4. The molecule has 0 bridgehead atoms. The summed E-state index contributed by atoms with van der Waals surface area (Å²) >= 11 is 0. The predicted molar refractivity (Wildman–Crippen MR) is 106 cm³/mol. The van der Waals surface area contributed by atoms with Crippen molar-refractivity contribution >= 4 is 23.0 Å². The third-order valence-corrected chi connectivity index (χ3v) is 4.68. The standard InChI is InChI=1S/C21H16N4O4/c1-2-11-3-5-12(6-4-11)18-17-14(21(28)29)9-16(23-19(17)25-24-18)15-8-7-13(10-22-15)20(26)27/h3-10H,2H2,1H3,(H,26,27)(H,28,29)(H,23,24,25). The molecule has 0 aliphatic rings. The molecule has 0 saturated heterocycles. The smallest absolute Gasteiger partial charge is 0.337 e. The Morgan fingerprint density at radius 2 is 1.76 bits per heavy atom. The molecule has 4 aromatic rings. The molecular formula is C21H16N4O4. The van der Waals surface area contributed by atoms with E-state index >= 15 is 0 Å². The summed E-state index contributed by atoms with van der Waals surface area (Å²) < 4.78 is 0. The lowest BCUT2D eigenvalue weighted by molar-refractivity contribution is 0.0687. The molecule has 3 N–H and O–H groups in total. The van der Waals surface area contributed by atoms with Crippen LogP contribution in [0.1, 0.15) is 33.2 Å². The molecule has 8 nitrogen and oxygen atoms in total. The molecule has 0 unspecified atom stereocenters. The minimum atomic E-state index is -1.12. The van der Waals surface area contributed by atoms with Crippen molar-refractivity contribution in [2.75, 3.05) is 0 Å². The van der Waals surface area contributed by atoms with Gasteiger partial charge in [0.25, 0.3) is 0 Å². The molecule has 8 heteroatoms. The molecular weight excluding hydrogens is 372 g/mol. The van der Waals surface area contributed by atoms with E-state index in [1.54, 1.807) is 0 Å². The van der Waals surface area contributed by atoms with Crippen molar-refractivity contribution in [1.82, 2.24) is 20.2 Å². The summed E-state index contributed by atoms with van der Waals surface area (Å²) in [6.07, 6.45) is 2.11. The highest BCUT2D eigenvalue weighted by molar-refractivity contribution is 6.08. The summed E-state index contributed by atoms with van der Waals surface area (Å²) in [7, 11) is 0. The van der Waals surface area contributed by atoms with Gasteiger partial charge in [-0.25, -0.2) is 14.6 Å². The molecule has 0 spiro atoms. The number of rotatable bonds is 5. The van der Waals surface area contributed by atoms with Gasteiger partial charge < -0.3 is 10.2 Å². The van der Waals surface area contributed by atoms with Crippen molar-refractivity contribution in [3.8, 4) is 22.6 Å². The summed E-state index contributed by atoms with van der Waals surface area (Å²) in [5.41, 5.74) is 3.54. The number of nitrogens with one attached hydrogen (secondary N) is 1. The van der Waals surface area contributed by atoms with E-state index in [1.807, 2.05) is 24.3 Å². The van der Waals surface area contributed by atoms with Crippen LogP contribution in [0.25, 0.3) is 33.7 Å². The van der Waals surface area contributed by atoms with Gasteiger partial charge >= 0.3 is 11.9 Å². The highest BCUT2D eigenvalue weighted by atomic mass is 16.4. The number of nitrogens with zero attached hydrogens (tertiary/aromatic N) is 3. The van der Waals surface area contributed by atoms with Crippen LogP contribution in [-0.2, 0) is 6.42 Å². The largest absolute Gasteiger partial charge is 0.478 e. The van der Waals surface area contributed by atoms with E-state index in [1.165, 1.54) is 30.0 Å². The lowest BCUT2D eigenvalue weighted by atomic mass is 10.0. The van der Waals surface area contributed by atoms with Crippen molar-refractivity contribution in [3.63, 3.8) is 0 Å². The van der Waals surface area contributed by atoms with Crippen LogP contribution in [-0.4, -0.2) is 42.3 Å². The molecule has 144 valence electrons. The van der Waals surface area contributed by atoms with Crippen LogP contribution >= 0.6 is 0 Å². The minimum Gasteiger partial charge on any atom is -0.478 e. The Morgan fingerprint density at radius 3 is 2.34 bits per heavy atom. The lowest BCUT2D eigenvalue weighted by Crippen LogP contribution is -2.02. The van der Waals surface area contributed by atoms with E-state index in [-0.39, 0.29) is 16.8 Å². The van der Waals surface area contributed by atoms with Crippen molar-refractivity contribution in [2.45, 2.75) is 13.3 Å². The van der Waals surface area contributed by atoms with Gasteiger partial charge in [0.1, 0.15) is 0 Å². The molecule has 0 fully saturated rings. The lowest BCUT2D eigenvalue weighted by Gasteiger charge is -2.06. The number of pyridine rings is 2. The van der Waals surface area contributed by atoms with Gasteiger partial charge in [0.05, 0.1) is 33.6 Å². The maximum Gasteiger partial charge on any atom is 0.337 e. The fourth-order valence-corrected chi connectivity index (χ4v) is 3.11. The predicted octanol–water partition coefficient (Wildman–Crippen LogP) is 3.65. The number of hydrogen-bond donors (Lipinski definition) is 3. The maximum absolute atomic E-state index is 12.0. The Morgan fingerprint density at radius 1 is 1.00 bits per heavy atom. The second-order valence-electron chi connectivity index (χ2n) is 6.45. The zero-order chi connectivity index (χ0) is 20.5. The van der Waals surface area contributed by atoms with Gasteiger partial charge in [-0.1, -0.05) is 31.2 Å². The highest BCUT2D eigenvalue weighted by Crippen LogP contribution is 2.31. The number of hydrogen-bond acceptors (Lipinski definition) is 5. The number of H-pyrrole nitrogens is 1. The molecule has 0 radical (unpaired) electrons. The average Bonchev–Trinajstić information content (AvgIpc) is 3.17. The number of aromatic carboxylic acids is 2. The Balaban J connectivity index is 1.86. The first kappa shape index (κ1) is 18.3. The van der Waals surface area contributed by atoms with E-state index in [9.17, 15) is 14.7 Å². The third kappa shape index (κ3) is 3.31. The van der Waals surface area contributed by atoms with Crippen LogP contribution in [0.5, 0.6) is 0 Å². The number of benzene rings is 1. The number of carboxylic acid groups (broad SMARTS) is 2. The Kier molecular flexibility index (Phi) is 4.52. The second kappa shape index (κ2) is 7.16. The van der Waals surface area contributed by atoms with Crippen LogP contribution in [0.2, 0.25) is 0 Å². The first-order valence-corrected chi connectivity index (χ1v) is 8.89. The molecule has 0 amide bonds. The van der Waals surface area contributed by atoms with E-state index in [0.717, 1.165) is 12.0 Å². The van der Waals surface area contributed by atoms with Crippen LogP contribution in [0.4, 0.5) is 0 Å². The quantitative estimate of drug-likeness (QED) is 0.476. The molecule has 0 aliphatic heterocycles. The fourth-order valence-electron chi connectivity index (χ4n) is 3.11. The van der Waals surface area contributed by atoms with Crippen molar-refractivity contribution in [2.24, 2.45) is 0 Å². The van der Waals surface area contributed by atoms with Gasteiger partial charge in [0, 0.05) is 11.8 Å². The number of fused-ring (bicyclic) bond motifs is 1. The van der Waals surface area contributed by atoms with Crippen molar-refractivity contribution in [3.05, 3.63) is 65.4 Å². The van der Waals surface area contributed by atoms with Gasteiger partial charge in [-0.15, -0.1) is 0 Å². The molecule has 0 aliphatic carbocycles. The number of aryl methyl sites for hydroxylation is 1. The highest BCUT2D eigenvalue weighted by Gasteiger charge is 2.20. The Bertz CT molecular complexity index is 1230. The number of aromatic amines is 1. The van der Waals surface area contributed by atoms with Crippen LogP contribution in [0, 0.1) is 0 Å². The SMILES string of the molecule is CCc1ccc(-c2[nH]nc3nc(-c4ccc(C(=O)O)cn4)cc(C(=O)O)c23)cc1. The van der Waals surface area contributed by atoms with Gasteiger partial charge in [-0.2, -0.15) is 5.10 Å². The van der Waals surface area contributed by atoms with E-state index in [2.05, 4.69) is 27.1 Å². The molecule has 3 aromatic heterocycles. The first-order chi connectivity index (χ1) is 14.0.